The quantitative estimate of drug-likeness (QED) is 0.855. The number of aliphatic hydroxyl groups excluding tert-OH is 1. The first-order valence-electron chi connectivity index (χ1n) is 6.58. The number of carbonyl (C=O) groups is 1. The third-order valence-corrected chi connectivity index (χ3v) is 4.02. The summed E-state index contributed by atoms with van der Waals surface area (Å²) in [6, 6.07) is 0.106. The van der Waals surface area contributed by atoms with Crippen molar-refractivity contribution in [2.75, 3.05) is 13.2 Å². The molecule has 1 N–H and O–H groups in total. The summed E-state index contributed by atoms with van der Waals surface area (Å²) in [6.07, 6.45) is 6.53. The molecule has 2 fully saturated rings. The van der Waals surface area contributed by atoms with E-state index in [1.54, 1.807) is 6.20 Å². The van der Waals surface area contributed by atoms with Gasteiger partial charge in [-0.1, -0.05) is 0 Å². The molecule has 5 heteroatoms. The maximum absolute atomic E-state index is 12.1. The molecule has 2 unspecified atom stereocenters. The normalized spacial score (nSPS) is 25.8. The predicted octanol–water partition coefficient (Wildman–Crippen LogP) is 0.712. The Kier molecular flexibility index (Phi) is 2.86. The average molecular weight is 249 g/mol. The van der Waals surface area contributed by atoms with Crippen molar-refractivity contribution in [2.24, 2.45) is 18.9 Å². The lowest BCUT2D eigenvalue weighted by Gasteiger charge is -2.27. The Labute approximate surface area is 106 Å². The lowest BCUT2D eigenvalue weighted by Crippen LogP contribution is -2.33. The molecular formula is C13H19N3O2. The fraction of sp³-hybridized carbons (Fsp3) is 0.692. The van der Waals surface area contributed by atoms with E-state index in [1.807, 2.05) is 22.7 Å². The highest BCUT2D eigenvalue weighted by Crippen LogP contribution is 2.45. The van der Waals surface area contributed by atoms with Gasteiger partial charge in [0.1, 0.15) is 5.82 Å². The topological polar surface area (TPSA) is 58.4 Å². The predicted molar refractivity (Wildman–Crippen MR) is 65.6 cm³/mol. The summed E-state index contributed by atoms with van der Waals surface area (Å²) in [5.74, 6) is 1.78. The van der Waals surface area contributed by atoms with Gasteiger partial charge in [0, 0.05) is 44.9 Å². The molecule has 1 aliphatic carbocycles. The number of nitrogens with zero attached hydrogens (tertiary/aromatic N) is 3. The lowest BCUT2D eigenvalue weighted by atomic mass is 10.1. The van der Waals surface area contributed by atoms with Crippen LogP contribution in [0.1, 0.15) is 31.1 Å². The van der Waals surface area contributed by atoms with Crippen molar-refractivity contribution in [1.29, 1.82) is 0 Å². The lowest BCUT2D eigenvalue weighted by molar-refractivity contribution is -0.130. The van der Waals surface area contributed by atoms with Crippen LogP contribution in [-0.2, 0) is 11.8 Å². The van der Waals surface area contributed by atoms with Crippen molar-refractivity contribution in [3.8, 4) is 0 Å². The van der Waals surface area contributed by atoms with Gasteiger partial charge >= 0.3 is 0 Å². The van der Waals surface area contributed by atoms with E-state index in [1.165, 1.54) is 12.8 Å². The number of amides is 1. The Morgan fingerprint density at radius 3 is 2.83 bits per heavy atom. The smallest absolute Gasteiger partial charge is 0.223 e. The molecule has 1 aromatic rings. The molecule has 0 aromatic carbocycles. The van der Waals surface area contributed by atoms with Crippen LogP contribution in [0.5, 0.6) is 0 Å². The third-order valence-electron chi connectivity index (χ3n) is 4.02. The van der Waals surface area contributed by atoms with Gasteiger partial charge in [-0.15, -0.1) is 0 Å². The molecule has 0 radical (unpaired) electrons. The molecular weight excluding hydrogens is 230 g/mol. The summed E-state index contributed by atoms with van der Waals surface area (Å²) in [7, 11) is 1.97. The maximum atomic E-state index is 12.1. The standard InChI is InChI=1S/C13H19N3O2/c1-15-5-4-14-13(15)12(10-2-3-10)16-7-9(8-17)6-11(16)18/h4-5,9-10,12,17H,2-3,6-8H2,1H3. The maximum Gasteiger partial charge on any atom is 0.223 e. The summed E-state index contributed by atoms with van der Waals surface area (Å²) < 4.78 is 2.00. The molecule has 0 spiro atoms. The van der Waals surface area contributed by atoms with E-state index < -0.39 is 0 Å². The number of aryl methyl sites for hydroxylation is 1. The second-order valence-corrected chi connectivity index (χ2v) is 5.48. The fourth-order valence-electron chi connectivity index (χ4n) is 2.88. The largest absolute Gasteiger partial charge is 0.396 e. The van der Waals surface area contributed by atoms with Gasteiger partial charge < -0.3 is 14.6 Å². The fourth-order valence-corrected chi connectivity index (χ4v) is 2.88. The van der Waals surface area contributed by atoms with Gasteiger partial charge in [-0.05, 0) is 18.8 Å². The summed E-state index contributed by atoms with van der Waals surface area (Å²) in [4.78, 5) is 18.4. The Morgan fingerprint density at radius 2 is 2.33 bits per heavy atom. The minimum atomic E-state index is 0.0963. The van der Waals surface area contributed by atoms with Crippen molar-refractivity contribution in [3.63, 3.8) is 0 Å². The summed E-state index contributed by atoms with van der Waals surface area (Å²) in [5, 5.41) is 9.22. The minimum Gasteiger partial charge on any atom is -0.396 e. The van der Waals surface area contributed by atoms with Crippen LogP contribution in [-0.4, -0.2) is 38.6 Å². The van der Waals surface area contributed by atoms with Gasteiger partial charge in [0.05, 0.1) is 6.04 Å². The van der Waals surface area contributed by atoms with E-state index in [-0.39, 0.29) is 24.5 Å². The summed E-state index contributed by atoms with van der Waals surface area (Å²) in [6.45, 7) is 0.767. The number of hydrogen-bond donors (Lipinski definition) is 1. The van der Waals surface area contributed by atoms with Crippen molar-refractivity contribution in [1.82, 2.24) is 14.5 Å². The first-order chi connectivity index (χ1) is 8.70. The van der Waals surface area contributed by atoms with Crippen molar-refractivity contribution < 1.29 is 9.90 Å². The van der Waals surface area contributed by atoms with Crippen molar-refractivity contribution in [3.05, 3.63) is 18.2 Å². The highest BCUT2D eigenvalue weighted by Gasteiger charge is 2.44. The van der Waals surface area contributed by atoms with Gasteiger partial charge in [0.25, 0.3) is 0 Å². The molecule has 2 atom stereocenters. The minimum absolute atomic E-state index is 0.0963. The van der Waals surface area contributed by atoms with Crippen LogP contribution in [0.3, 0.4) is 0 Å². The van der Waals surface area contributed by atoms with E-state index in [0.717, 1.165) is 5.82 Å². The number of hydrogen-bond acceptors (Lipinski definition) is 3. The molecule has 1 aromatic heterocycles. The number of aromatic nitrogens is 2. The molecule has 1 aliphatic heterocycles. The first kappa shape index (κ1) is 11.7. The Bertz CT molecular complexity index is 453. The SMILES string of the molecule is Cn1ccnc1C(C1CC1)N1CC(CO)CC1=O. The highest BCUT2D eigenvalue weighted by atomic mass is 16.3. The molecule has 18 heavy (non-hydrogen) atoms. The Balaban J connectivity index is 1.87. The van der Waals surface area contributed by atoms with Crippen LogP contribution in [0.25, 0.3) is 0 Å². The van der Waals surface area contributed by atoms with E-state index in [4.69, 9.17) is 0 Å². The number of aliphatic hydroxyl groups is 1. The Hall–Kier alpha value is -1.36. The van der Waals surface area contributed by atoms with Gasteiger partial charge in [0.2, 0.25) is 5.91 Å². The zero-order valence-corrected chi connectivity index (χ0v) is 10.6. The molecule has 2 aliphatic rings. The van der Waals surface area contributed by atoms with E-state index in [9.17, 15) is 9.90 Å². The summed E-state index contributed by atoms with van der Waals surface area (Å²) >= 11 is 0. The average Bonchev–Trinajstić information content (AvgIpc) is 3.00. The van der Waals surface area contributed by atoms with Gasteiger partial charge in [-0.2, -0.15) is 0 Å². The van der Waals surface area contributed by atoms with Gasteiger partial charge in [-0.25, -0.2) is 4.98 Å². The molecule has 1 saturated carbocycles. The monoisotopic (exact) mass is 249 g/mol. The molecule has 5 nitrogen and oxygen atoms in total. The van der Waals surface area contributed by atoms with E-state index in [2.05, 4.69) is 4.98 Å². The first-order valence-corrected chi connectivity index (χ1v) is 6.58. The zero-order valence-electron chi connectivity index (χ0n) is 10.6. The number of carbonyl (C=O) groups excluding carboxylic acids is 1. The van der Waals surface area contributed by atoms with Crippen LogP contribution < -0.4 is 0 Å². The molecule has 1 amide bonds. The van der Waals surface area contributed by atoms with Crippen LogP contribution >= 0.6 is 0 Å². The second-order valence-electron chi connectivity index (χ2n) is 5.48. The van der Waals surface area contributed by atoms with Crippen LogP contribution in [0.2, 0.25) is 0 Å². The molecule has 0 bridgehead atoms. The van der Waals surface area contributed by atoms with Crippen molar-refractivity contribution >= 4 is 5.91 Å². The Morgan fingerprint density at radius 1 is 1.56 bits per heavy atom. The zero-order chi connectivity index (χ0) is 12.7. The molecule has 98 valence electrons. The third kappa shape index (κ3) is 1.92. The number of likely N-dealkylation sites (tertiary alicyclic amines) is 1. The second kappa shape index (κ2) is 4.39. The van der Waals surface area contributed by atoms with Crippen molar-refractivity contribution in [2.45, 2.75) is 25.3 Å². The van der Waals surface area contributed by atoms with E-state index in [0.29, 0.717) is 18.9 Å². The van der Waals surface area contributed by atoms with Crippen LogP contribution in [0, 0.1) is 11.8 Å². The molecule has 2 heterocycles. The molecule has 3 rings (SSSR count). The molecule has 1 saturated heterocycles. The number of rotatable bonds is 4. The van der Waals surface area contributed by atoms with E-state index >= 15 is 0 Å². The highest BCUT2D eigenvalue weighted by molar-refractivity contribution is 5.79. The van der Waals surface area contributed by atoms with Crippen LogP contribution in [0.4, 0.5) is 0 Å². The van der Waals surface area contributed by atoms with Gasteiger partial charge in [-0.3, -0.25) is 4.79 Å². The number of imidazole rings is 1. The van der Waals surface area contributed by atoms with Crippen LogP contribution in [0.15, 0.2) is 12.4 Å². The summed E-state index contributed by atoms with van der Waals surface area (Å²) in [5.41, 5.74) is 0. The van der Waals surface area contributed by atoms with Gasteiger partial charge in [0.15, 0.2) is 0 Å².